The smallest absolute Gasteiger partial charge is 0.307 e. The minimum Gasteiger partial charge on any atom is -0.307 e. The van der Waals surface area contributed by atoms with E-state index in [1.54, 1.807) is 0 Å². The van der Waals surface area contributed by atoms with Gasteiger partial charge in [-0.25, -0.2) is 18.2 Å². The van der Waals surface area contributed by atoms with Crippen molar-refractivity contribution in [1.82, 2.24) is 19.3 Å². The molecule has 4 rings (SSSR count). The van der Waals surface area contributed by atoms with E-state index in [0.717, 1.165) is 10.2 Å². The van der Waals surface area contributed by atoms with Gasteiger partial charge in [0.2, 0.25) is 10.0 Å². The van der Waals surface area contributed by atoms with Crippen molar-refractivity contribution >= 4 is 42.5 Å². The number of benzene rings is 2. The zero-order valence-corrected chi connectivity index (χ0v) is 15.7. The molecule has 0 saturated carbocycles. The van der Waals surface area contributed by atoms with E-state index in [-0.39, 0.29) is 22.3 Å². The molecule has 0 spiro atoms. The summed E-state index contributed by atoms with van der Waals surface area (Å²) in [5.41, 5.74) is -0.184. The number of para-hydroxylation sites is 1. The predicted octanol–water partition coefficient (Wildman–Crippen LogP) is 1.65. The number of H-pyrrole nitrogens is 2. The fourth-order valence-electron chi connectivity index (χ4n) is 2.75. The lowest BCUT2D eigenvalue weighted by Crippen LogP contribution is -2.27. The van der Waals surface area contributed by atoms with E-state index >= 15 is 0 Å². The van der Waals surface area contributed by atoms with E-state index in [1.165, 1.54) is 40.9 Å². The molecule has 0 aliphatic heterocycles. The third kappa shape index (κ3) is 3.18. The fourth-order valence-corrected chi connectivity index (χ4v) is 5.01. The van der Waals surface area contributed by atoms with E-state index in [9.17, 15) is 18.0 Å². The molecule has 8 nitrogen and oxygen atoms in total. The molecule has 27 heavy (non-hydrogen) atoms. The van der Waals surface area contributed by atoms with Crippen LogP contribution >= 0.6 is 11.3 Å². The largest absolute Gasteiger partial charge is 0.326 e. The Hall–Kier alpha value is -2.82. The van der Waals surface area contributed by atoms with Crippen LogP contribution in [0.25, 0.3) is 21.1 Å². The van der Waals surface area contributed by atoms with Crippen molar-refractivity contribution in [3.05, 3.63) is 68.3 Å². The number of nitrogens with zero attached hydrogens (tertiary/aromatic N) is 2. The second-order valence-electron chi connectivity index (χ2n) is 5.95. The summed E-state index contributed by atoms with van der Waals surface area (Å²) in [6, 6.07) is 11.6. The Morgan fingerprint density at radius 2 is 1.89 bits per heavy atom. The molecule has 2 aromatic heterocycles. The van der Waals surface area contributed by atoms with Gasteiger partial charge in [0.1, 0.15) is 5.01 Å². The lowest BCUT2D eigenvalue weighted by atomic mass is 10.2. The van der Waals surface area contributed by atoms with Crippen LogP contribution in [0.1, 0.15) is 5.01 Å². The number of thiazole rings is 1. The van der Waals surface area contributed by atoms with Crippen LogP contribution in [-0.4, -0.2) is 34.7 Å². The molecule has 0 atom stereocenters. The van der Waals surface area contributed by atoms with Crippen molar-refractivity contribution < 1.29 is 8.42 Å². The Kier molecular flexibility index (Phi) is 4.17. The number of fused-ring (bicyclic) bond motifs is 2. The van der Waals surface area contributed by atoms with Crippen molar-refractivity contribution in [1.29, 1.82) is 0 Å². The summed E-state index contributed by atoms with van der Waals surface area (Å²) in [5, 5.41) is 0.773. The first-order valence-electron chi connectivity index (χ1n) is 7.92. The first-order chi connectivity index (χ1) is 12.8. The average Bonchev–Trinajstić information content (AvgIpc) is 3.03. The minimum absolute atomic E-state index is 0.0313. The van der Waals surface area contributed by atoms with E-state index in [4.69, 9.17) is 0 Å². The third-order valence-corrected chi connectivity index (χ3v) is 6.94. The van der Waals surface area contributed by atoms with Crippen LogP contribution in [0, 0.1) is 0 Å². The highest BCUT2D eigenvalue weighted by Gasteiger charge is 2.23. The molecule has 2 N–H and O–H groups in total. The van der Waals surface area contributed by atoms with Crippen LogP contribution in [0.2, 0.25) is 0 Å². The van der Waals surface area contributed by atoms with E-state index < -0.39 is 21.3 Å². The molecule has 0 saturated heterocycles. The highest BCUT2D eigenvalue weighted by Crippen LogP contribution is 2.25. The van der Waals surface area contributed by atoms with Crippen molar-refractivity contribution in [3.63, 3.8) is 0 Å². The number of hydrogen-bond donors (Lipinski definition) is 2. The zero-order chi connectivity index (χ0) is 19.2. The Bertz CT molecular complexity index is 1350. The van der Waals surface area contributed by atoms with Gasteiger partial charge in [-0.15, -0.1) is 11.3 Å². The number of aromatic amines is 2. The van der Waals surface area contributed by atoms with Gasteiger partial charge in [-0.2, -0.15) is 4.31 Å². The topological polar surface area (TPSA) is 116 Å². The second kappa shape index (κ2) is 6.41. The molecule has 2 aromatic carbocycles. The van der Waals surface area contributed by atoms with Crippen LogP contribution in [0.3, 0.4) is 0 Å². The summed E-state index contributed by atoms with van der Waals surface area (Å²) in [5.74, 6) is 0. The fraction of sp³-hybridized carbons (Fsp3) is 0.118. The molecular formula is C17H14N4O4S2. The molecule has 0 radical (unpaired) electrons. The first-order valence-corrected chi connectivity index (χ1v) is 10.2. The van der Waals surface area contributed by atoms with Gasteiger partial charge in [0.25, 0.3) is 5.56 Å². The van der Waals surface area contributed by atoms with Crippen molar-refractivity contribution in [2.75, 3.05) is 7.05 Å². The van der Waals surface area contributed by atoms with Gasteiger partial charge in [0, 0.05) is 7.05 Å². The van der Waals surface area contributed by atoms with Crippen molar-refractivity contribution in [2.45, 2.75) is 11.4 Å². The molecule has 0 bridgehead atoms. The molecule has 2 heterocycles. The quantitative estimate of drug-likeness (QED) is 0.538. The maximum atomic E-state index is 12.9. The predicted molar refractivity (Wildman–Crippen MR) is 103 cm³/mol. The molecule has 4 aromatic rings. The van der Waals surface area contributed by atoms with Crippen LogP contribution < -0.4 is 11.2 Å². The SMILES string of the molecule is CN(Cc1nc2ccccc2s1)S(=O)(=O)c1ccc2[nH]c(=O)[nH]c(=O)c2c1. The van der Waals surface area contributed by atoms with Crippen molar-refractivity contribution in [3.8, 4) is 0 Å². The highest BCUT2D eigenvalue weighted by molar-refractivity contribution is 7.89. The van der Waals surface area contributed by atoms with Gasteiger partial charge in [0.05, 0.1) is 32.6 Å². The van der Waals surface area contributed by atoms with Gasteiger partial charge in [-0.3, -0.25) is 9.78 Å². The summed E-state index contributed by atoms with van der Waals surface area (Å²) < 4.78 is 28.0. The number of hydrogen-bond acceptors (Lipinski definition) is 6. The van der Waals surface area contributed by atoms with Crippen LogP contribution in [-0.2, 0) is 16.6 Å². The molecule has 0 unspecified atom stereocenters. The molecule has 0 aliphatic carbocycles. The number of aromatic nitrogens is 3. The standard InChI is InChI=1S/C17H14N4O4S2/c1-21(9-15-18-13-4-2-3-5-14(13)26-15)27(24,25)10-6-7-12-11(8-10)16(22)20-17(23)19-12/h2-8H,9H2,1H3,(H2,19,20,22,23). The molecule has 10 heteroatoms. The van der Waals surface area contributed by atoms with E-state index in [0.29, 0.717) is 5.01 Å². The minimum atomic E-state index is -3.84. The second-order valence-corrected chi connectivity index (χ2v) is 9.11. The number of nitrogens with one attached hydrogen (secondary N) is 2. The Balaban J connectivity index is 1.70. The lowest BCUT2D eigenvalue weighted by Gasteiger charge is -2.16. The Labute approximate surface area is 157 Å². The third-order valence-electron chi connectivity index (χ3n) is 4.12. The van der Waals surface area contributed by atoms with Gasteiger partial charge in [-0.05, 0) is 30.3 Å². The molecule has 0 aliphatic rings. The first kappa shape index (κ1) is 17.6. The van der Waals surface area contributed by atoms with Gasteiger partial charge in [-0.1, -0.05) is 12.1 Å². The van der Waals surface area contributed by atoms with Crippen LogP contribution in [0.4, 0.5) is 0 Å². The Morgan fingerprint density at radius 3 is 2.67 bits per heavy atom. The van der Waals surface area contributed by atoms with E-state index in [2.05, 4.69) is 15.0 Å². The van der Waals surface area contributed by atoms with Gasteiger partial charge >= 0.3 is 5.69 Å². The summed E-state index contributed by atoms with van der Waals surface area (Å²) in [6.45, 7) is 0.113. The summed E-state index contributed by atoms with van der Waals surface area (Å²) in [6.07, 6.45) is 0. The van der Waals surface area contributed by atoms with Crippen LogP contribution in [0.5, 0.6) is 0 Å². The summed E-state index contributed by atoms with van der Waals surface area (Å²) in [4.78, 5) is 32.3. The Morgan fingerprint density at radius 1 is 1.11 bits per heavy atom. The summed E-state index contributed by atoms with van der Waals surface area (Å²) >= 11 is 1.43. The zero-order valence-electron chi connectivity index (χ0n) is 14.1. The number of sulfonamides is 1. The van der Waals surface area contributed by atoms with E-state index in [1.807, 2.05) is 24.3 Å². The monoisotopic (exact) mass is 402 g/mol. The highest BCUT2D eigenvalue weighted by atomic mass is 32.2. The van der Waals surface area contributed by atoms with Crippen LogP contribution in [0.15, 0.2) is 56.9 Å². The molecule has 0 amide bonds. The van der Waals surface area contributed by atoms with Gasteiger partial charge < -0.3 is 4.98 Å². The summed E-state index contributed by atoms with van der Waals surface area (Å²) in [7, 11) is -2.38. The molecule has 0 fully saturated rings. The molecule has 138 valence electrons. The maximum Gasteiger partial charge on any atom is 0.326 e. The normalized spacial score (nSPS) is 12.2. The lowest BCUT2D eigenvalue weighted by molar-refractivity contribution is 0.466. The van der Waals surface area contributed by atoms with Crippen molar-refractivity contribution in [2.24, 2.45) is 0 Å². The number of rotatable bonds is 4. The maximum absolute atomic E-state index is 12.9. The average molecular weight is 402 g/mol. The van der Waals surface area contributed by atoms with Gasteiger partial charge in [0.15, 0.2) is 0 Å². The molecular weight excluding hydrogens is 388 g/mol.